The van der Waals surface area contributed by atoms with Crippen molar-refractivity contribution in [1.82, 2.24) is 10.3 Å². The van der Waals surface area contributed by atoms with Crippen LogP contribution in [0, 0.1) is 11.6 Å². The van der Waals surface area contributed by atoms with Crippen LogP contribution < -0.4 is 20.7 Å². The van der Waals surface area contributed by atoms with Gasteiger partial charge in [-0.1, -0.05) is 0 Å². The number of hydrogen-bond acceptors (Lipinski definition) is 7. The molecule has 0 aliphatic rings. The second-order valence-corrected chi connectivity index (χ2v) is 7.59. The molecule has 1 aromatic carbocycles. The Morgan fingerprint density at radius 1 is 1.18 bits per heavy atom. The predicted molar refractivity (Wildman–Crippen MR) is 113 cm³/mol. The summed E-state index contributed by atoms with van der Waals surface area (Å²) >= 11 is 0.955. The molecule has 0 saturated heterocycles. The van der Waals surface area contributed by atoms with E-state index < -0.39 is 42.0 Å². The number of amides is 2. The van der Waals surface area contributed by atoms with Gasteiger partial charge >= 0.3 is 6.18 Å². The van der Waals surface area contributed by atoms with E-state index in [1.165, 1.54) is 18.7 Å². The Morgan fingerprint density at radius 3 is 2.44 bits per heavy atom. The van der Waals surface area contributed by atoms with E-state index in [1.54, 1.807) is 7.05 Å². The van der Waals surface area contributed by atoms with Gasteiger partial charge in [0.2, 0.25) is 11.8 Å². The number of ether oxygens (including phenoxy) is 1. The molecule has 8 nitrogen and oxygen atoms in total. The van der Waals surface area contributed by atoms with Gasteiger partial charge in [0.25, 0.3) is 5.91 Å². The van der Waals surface area contributed by atoms with Gasteiger partial charge in [-0.3, -0.25) is 9.59 Å². The highest BCUT2D eigenvalue weighted by Crippen LogP contribution is 2.32. The minimum atomic E-state index is -4.76. The van der Waals surface area contributed by atoms with Crippen molar-refractivity contribution in [3.05, 3.63) is 46.5 Å². The third-order valence-corrected chi connectivity index (χ3v) is 5.08. The Bertz CT molecular complexity index is 1190. The van der Waals surface area contributed by atoms with Crippen LogP contribution in [0.1, 0.15) is 15.9 Å². The van der Waals surface area contributed by atoms with Crippen LogP contribution in [0.3, 0.4) is 0 Å². The monoisotopic (exact) mass is 504 g/mol. The summed E-state index contributed by atoms with van der Waals surface area (Å²) < 4.78 is 74.4. The third-order valence-electron chi connectivity index (χ3n) is 4.32. The summed E-state index contributed by atoms with van der Waals surface area (Å²) in [5, 5.41) is 9.15. The molecular weight excluding hydrogens is 487 g/mol. The molecule has 2 aromatic heterocycles. The Morgan fingerprint density at radius 2 is 1.85 bits per heavy atom. The van der Waals surface area contributed by atoms with E-state index >= 15 is 0 Å². The maximum absolute atomic E-state index is 14.1. The summed E-state index contributed by atoms with van der Waals surface area (Å²) in [5.74, 6) is -4.63. The number of rotatable bonds is 8. The Kier molecular flexibility index (Phi) is 7.39. The first kappa shape index (κ1) is 25.0. The minimum Gasteiger partial charge on any atom is -0.478 e. The molecule has 34 heavy (non-hydrogen) atoms. The molecule has 0 spiro atoms. The lowest BCUT2D eigenvalue weighted by Crippen LogP contribution is -2.22. The van der Waals surface area contributed by atoms with Crippen LogP contribution >= 0.6 is 11.3 Å². The average Bonchev–Trinajstić information content (AvgIpc) is 3.38. The van der Waals surface area contributed by atoms with Gasteiger partial charge in [0.15, 0.2) is 29.1 Å². The smallest absolute Gasteiger partial charge is 0.422 e. The lowest BCUT2D eigenvalue weighted by molar-refractivity contribution is -0.154. The first-order valence-electron chi connectivity index (χ1n) is 9.47. The molecule has 0 atom stereocenters. The summed E-state index contributed by atoms with van der Waals surface area (Å²) in [6, 6.07) is 1.55. The van der Waals surface area contributed by atoms with Gasteiger partial charge in [0.1, 0.15) is 5.56 Å². The molecule has 0 radical (unpaired) electrons. The van der Waals surface area contributed by atoms with Gasteiger partial charge in [-0.2, -0.15) is 13.2 Å². The topological polar surface area (TPSA) is 105 Å². The molecule has 0 aliphatic carbocycles. The normalized spacial score (nSPS) is 11.3. The highest BCUT2D eigenvalue weighted by atomic mass is 32.1. The molecule has 0 saturated carbocycles. The van der Waals surface area contributed by atoms with Crippen molar-refractivity contribution in [2.45, 2.75) is 12.6 Å². The van der Waals surface area contributed by atoms with Gasteiger partial charge in [0.05, 0.1) is 18.4 Å². The van der Waals surface area contributed by atoms with E-state index in [0.29, 0.717) is 5.56 Å². The van der Waals surface area contributed by atoms with Crippen molar-refractivity contribution in [2.24, 2.45) is 0 Å². The number of benzene rings is 1. The molecule has 0 unspecified atom stereocenters. The predicted octanol–water partition coefficient (Wildman–Crippen LogP) is 4.20. The Balaban J connectivity index is 1.72. The molecule has 2 amide bonds. The van der Waals surface area contributed by atoms with Gasteiger partial charge in [-0.05, 0) is 12.1 Å². The molecule has 0 bridgehead atoms. The molecular formula is C20H17F5N4O4S. The summed E-state index contributed by atoms with van der Waals surface area (Å²) in [7, 11) is 2.98. The number of alkyl halides is 3. The number of furan rings is 1. The van der Waals surface area contributed by atoms with Crippen LogP contribution in [0.2, 0.25) is 0 Å². The van der Waals surface area contributed by atoms with Gasteiger partial charge in [-0.15, -0.1) is 11.3 Å². The van der Waals surface area contributed by atoms with Crippen LogP contribution in [-0.2, 0) is 11.2 Å². The maximum Gasteiger partial charge on any atom is 0.422 e. The van der Waals surface area contributed by atoms with Crippen molar-refractivity contribution in [3.8, 4) is 17.0 Å². The number of aromatic nitrogens is 1. The first-order valence-corrected chi connectivity index (χ1v) is 10.3. The second kappa shape index (κ2) is 10.1. The van der Waals surface area contributed by atoms with Crippen LogP contribution in [0.5, 0.6) is 5.75 Å². The number of carbonyl (C=O) groups excluding carboxylic acids is 2. The lowest BCUT2D eigenvalue weighted by Gasteiger charge is -2.11. The van der Waals surface area contributed by atoms with Crippen molar-refractivity contribution < 1.29 is 40.7 Å². The fourth-order valence-corrected chi connectivity index (χ4v) is 3.62. The second-order valence-electron chi connectivity index (χ2n) is 6.73. The van der Waals surface area contributed by atoms with Crippen molar-refractivity contribution in [2.75, 3.05) is 31.3 Å². The number of nitrogens with one attached hydrogen (secondary N) is 3. The number of carbonyl (C=O) groups is 2. The van der Waals surface area contributed by atoms with Crippen LogP contribution in [-0.4, -0.2) is 43.7 Å². The largest absolute Gasteiger partial charge is 0.478 e. The molecule has 2 heterocycles. The zero-order chi connectivity index (χ0) is 25.0. The summed E-state index contributed by atoms with van der Waals surface area (Å²) in [6.07, 6.45) is -3.72. The van der Waals surface area contributed by atoms with E-state index in [0.717, 1.165) is 23.5 Å². The maximum atomic E-state index is 14.1. The molecule has 3 aromatic rings. The molecule has 3 N–H and O–H groups in total. The fourth-order valence-electron chi connectivity index (χ4n) is 2.88. The van der Waals surface area contributed by atoms with Crippen LogP contribution in [0.25, 0.3) is 11.3 Å². The van der Waals surface area contributed by atoms with Crippen molar-refractivity contribution in [3.63, 3.8) is 0 Å². The highest BCUT2D eigenvalue weighted by Gasteiger charge is 2.30. The highest BCUT2D eigenvalue weighted by molar-refractivity contribution is 7.14. The number of hydrogen-bond donors (Lipinski definition) is 3. The van der Waals surface area contributed by atoms with Crippen LogP contribution in [0.15, 0.2) is 28.2 Å². The number of nitrogens with zero attached hydrogens (tertiary/aromatic N) is 1. The van der Waals surface area contributed by atoms with E-state index in [2.05, 4.69) is 25.7 Å². The van der Waals surface area contributed by atoms with Gasteiger partial charge in [0, 0.05) is 30.6 Å². The quantitative estimate of drug-likeness (QED) is 0.397. The van der Waals surface area contributed by atoms with Crippen molar-refractivity contribution >= 4 is 34.2 Å². The Hall–Kier alpha value is -3.68. The zero-order valence-electron chi connectivity index (χ0n) is 17.6. The van der Waals surface area contributed by atoms with Crippen LogP contribution in [0.4, 0.5) is 33.0 Å². The van der Waals surface area contributed by atoms with E-state index in [4.69, 9.17) is 4.42 Å². The summed E-state index contributed by atoms with van der Waals surface area (Å²) in [4.78, 5) is 28.6. The number of anilines is 2. The molecule has 14 heteroatoms. The van der Waals surface area contributed by atoms with Crippen molar-refractivity contribution in [1.29, 1.82) is 0 Å². The zero-order valence-corrected chi connectivity index (χ0v) is 18.4. The summed E-state index contributed by atoms with van der Waals surface area (Å²) in [5.41, 5.74) is 0.490. The van der Waals surface area contributed by atoms with Gasteiger partial charge < -0.3 is 25.1 Å². The molecule has 0 fully saturated rings. The van der Waals surface area contributed by atoms with Gasteiger partial charge in [-0.25, -0.2) is 13.8 Å². The lowest BCUT2D eigenvalue weighted by atomic mass is 10.1. The van der Waals surface area contributed by atoms with E-state index in [1.807, 2.05) is 0 Å². The number of thiazole rings is 1. The third kappa shape index (κ3) is 5.81. The molecule has 3 rings (SSSR count). The average molecular weight is 504 g/mol. The standard InChI is InChI=1S/C20H17F5N4O4S/c1-26-17(31)15-10(6-32-18(15)27-2)5-14(30)29-19-28-13(7-34-19)9-3-11(21)16(12(22)4-9)33-8-20(23,24)25/h3-4,6-7,27H,5,8H2,1-2H3,(H,26,31)(H,28,29,30). The minimum absolute atomic E-state index is 0.0680. The first-order chi connectivity index (χ1) is 16.0. The molecule has 0 aliphatic heterocycles. The fraction of sp³-hybridized carbons (Fsp3) is 0.250. The van der Waals surface area contributed by atoms with E-state index in [9.17, 15) is 31.5 Å². The Labute approximate surface area is 193 Å². The molecule has 182 valence electrons. The number of halogens is 5. The summed E-state index contributed by atoms with van der Waals surface area (Å²) in [6.45, 7) is -1.85. The van der Waals surface area contributed by atoms with E-state index in [-0.39, 0.29) is 34.3 Å². The SMILES string of the molecule is CNC(=O)c1c(CC(=O)Nc2nc(-c3cc(F)c(OCC(F)(F)F)c(F)c3)cs2)coc1NC.